The molecule has 0 saturated heterocycles. The highest BCUT2D eigenvalue weighted by Gasteiger charge is 2.16. The number of ether oxygens (including phenoxy) is 1. The number of nitrogens with two attached hydrogens (primary N) is 1. The van der Waals surface area contributed by atoms with E-state index in [9.17, 15) is 9.90 Å². The van der Waals surface area contributed by atoms with E-state index in [0.717, 1.165) is 5.56 Å². The van der Waals surface area contributed by atoms with E-state index >= 15 is 0 Å². The van der Waals surface area contributed by atoms with E-state index in [1.165, 1.54) is 0 Å². The molecule has 1 aromatic rings. The Morgan fingerprint density at radius 2 is 2.07 bits per heavy atom. The third-order valence-corrected chi connectivity index (χ3v) is 1.97. The number of anilines is 1. The number of aliphatic hydroxyl groups is 1. The summed E-state index contributed by atoms with van der Waals surface area (Å²) in [5.74, 6) is -0.589. The van der Waals surface area contributed by atoms with Crippen molar-refractivity contribution in [2.45, 2.75) is 19.4 Å². The summed E-state index contributed by atoms with van der Waals surface area (Å²) in [6.45, 7) is 1.98. The van der Waals surface area contributed by atoms with Crippen LogP contribution in [0.4, 0.5) is 5.69 Å². The largest absolute Gasteiger partial charge is 0.464 e. The second-order valence-electron chi connectivity index (χ2n) is 3.21. The quantitative estimate of drug-likeness (QED) is 0.566. The number of aliphatic hydroxyl groups excluding tert-OH is 1. The molecular formula is C11H15NO3. The van der Waals surface area contributed by atoms with Crippen LogP contribution in [0.5, 0.6) is 0 Å². The van der Waals surface area contributed by atoms with Gasteiger partial charge in [-0.2, -0.15) is 0 Å². The highest BCUT2D eigenvalue weighted by molar-refractivity contribution is 5.74. The van der Waals surface area contributed by atoms with Crippen molar-refractivity contribution in [3.05, 3.63) is 29.8 Å². The molecule has 0 aliphatic carbocycles. The van der Waals surface area contributed by atoms with Gasteiger partial charge in [-0.15, -0.1) is 0 Å². The summed E-state index contributed by atoms with van der Waals surface area (Å²) < 4.78 is 4.69. The summed E-state index contributed by atoms with van der Waals surface area (Å²) in [5.41, 5.74) is 7.02. The van der Waals surface area contributed by atoms with Gasteiger partial charge in [0.1, 0.15) is 0 Å². The number of carbonyl (C=O) groups is 1. The number of hydrogen-bond acceptors (Lipinski definition) is 4. The van der Waals surface area contributed by atoms with Crippen molar-refractivity contribution >= 4 is 11.7 Å². The Labute approximate surface area is 88.7 Å². The van der Waals surface area contributed by atoms with Crippen LogP contribution in [0.25, 0.3) is 0 Å². The highest BCUT2D eigenvalue weighted by atomic mass is 16.5. The van der Waals surface area contributed by atoms with Crippen LogP contribution in [0.2, 0.25) is 0 Å². The zero-order valence-electron chi connectivity index (χ0n) is 8.64. The Hall–Kier alpha value is -1.55. The summed E-state index contributed by atoms with van der Waals surface area (Å²) in [6.07, 6.45) is -0.854. The molecule has 82 valence electrons. The molecule has 1 atom stereocenters. The number of benzene rings is 1. The molecule has 0 aliphatic rings. The van der Waals surface area contributed by atoms with E-state index in [-0.39, 0.29) is 13.0 Å². The number of hydrogen-bond donors (Lipinski definition) is 2. The van der Waals surface area contributed by atoms with Gasteiger partial charge in [-0.25, -0.2) is 4.79 Å². The maximum Gasteiger partial charge on any atom is 0.335 e. The van der Waals surface area contributed by atoms with Crippen LogP contribution < -0.4 is 5.73 Å². The standard InChI is InChI=1S/C11H15NO3/c1-2-15-11(14)10(13)7-8-3-5-9(12)6-4-8/h3-6,10,13H,2,7,12H2,1H3. The lowest BCUT2D eigenvalue weighted by Crippen LogP contribution is -2.25. The Kier molecular flexibility index (Phi) is 4.12. The van der Waals surface area contributed by atoms with Gasteiger partial charge < -0.3 is 15.6 Å². The summed E-state index contributed by atoms with van der Waals surface area (Å²) in [5, 5.41) is 9.47. The third kappa shape index (κ3) is 3.59. The van der Waals surface area contributed by atoms with E-state index in [0.29, 0.717) is 5.69 Å². The summed E-state index contributed by atoms with van der Waals surface area (Å²) in [4.78, 5) is 11.1. The zero-order chi connectivity index (χ0) is 11.3. The summed E-state index contributed by atoms with van der Waals surface area (Å²) in [7, 11) is 0. The van der Waals surface area contributed by atoms with Crippen LogP contribution in [0, 0.1) is 0 Å². The molecule has 1 unspecified atom stereocenters. The molecule has 4 nitrogen and oxygen atoms in total. The minimum Gasteiger partial charge on any atom is -0.464 e. The first kappa shape index (κ1) is 11.5. The molecule has 0 fully saturated rings. The molecule has 0 spiro atoms. The van der Waals surface area contributed by atoms with Gasteiger partial charge in [0, 0.05) is 12.1 Å². The van der Waals surface area contributed by atoms with Crippen molar-refractivity contribution in [1.29, 1.82) is 0 Å². The fourth-order valence-corrected chi connectivity index (χ4v) is 1.20. The van der Waals surface area contributed by atoms with Crippen molar-refractivity contribution in [3.63, 3.8) is 0 Å². The first-order valence-electron chi connectivity index (χ1n) is 4.82. The molecule has 1 aromatic carbocycles. The van der Waals surface area contributed by atoms with Gasteiger partial charge in [-0.3, -0.25) is 0 Å². The second-order valence-corrected chi connectivity index (χ2v) is 3.21. The SMILES string of the molecule is CCOC(=O)C(O)Cc1ccc(N)cc1. The fourth-order valence-electron chi connectivity index (χ4n) is 1.20. The van der Waals surface area contributed by atoms with Crippen LogP contribution in [-0.4, -0.2) is 23.8 Å². The normalized spacial score (nSPS) is 12.1. The Morgan fingerprint density at radius 1 is 1.47 bits per heavy atom. The summed E-state index contributed by atoms with van der Waals surface area (Å²) in [6, 6.07) is 7.01. The maximum atomic E-state index is 11.1. The van der Waals surface area contributed by atoms with Crippen LogP contribution in [0.1, 0.15) is 12.5 Å². The average molecular weight is 209 g/mol. The van der Waals surface area contributed by atoms with E-state index in [2.05, 4.69) is 4.74 Å². The molecule has 0 aromatic heterocycles. The van der Waals surface area contributed by atoms with E-state index < -0.39 is 12.1 Å². The van der Waals surface area contributed by atoms with Crippen molar-refractivity contribution in [2.24, 2.45) is 0 Å². The molecular weight excluding hydrogens is 194 g/mol. The van der Waals surface area contributed by atoms with Crippen LogP contribution in [0.15, 0.2) is 24.3 Å². The minimum atomic E-state index is -1.10. The van der Waals surface area contributed by atoms with Gasteiger partial charge in [0.15, 0.2) is 6.10 Å². The topological polar surface area (TPSA) is 72.5 Å². The lowest BCUT2D eigenvalue weighted by molar-refractivity contribution is -0.152. The molecule has 3 N–H and O–H groups in total. The molecule has 1 rings (SSSR count). The first-order valence-corrected chi connectivity index (χ1v) is 4.82. The van der Waals surface area contributed by atoms with Gasteiger partial charge in [-0.1, -0.05) is 12.1 Å². The van der Waals surface area contributed by atoms with Gasteiger partial charge in [0.2, 0.25) is 0 Å². The lowest BCUT2D eigenvalue weighted by Gasteiger charge is -2.09. The number of rotatable bonds is 4. The first-order chi connectivity index (χ1) is 7.13. The molecule has 0 saturated carbocycles. The van der Waals surface area contributed by atoms with Crippen LogP contribution >= 0.6 is 0 Å². The number of esters is 1. The zero-order valence-corrected chi connectivity index (χ0v) is 8.64. The molecule has 0 aliphatic heterocycles. The van der Waals surface area contributed by atoms with E-state index in [1.54, 1.807) is 31.2 Å². The Bertz CT molecular complexity index is 321. The van der Waals surface area contributed by atoms with E-state index in [1.807, 2.05) is 0 Å². The predicted octanol–water partition coefficient (Wildman–Crippen LogP) is 0.735. The van der Waals surface area contributed by atoms with Gasteiger partial charge in [0.05, 0.1) is 6.61 Å². The number of carbonyl (C=O) groups excluding carboxylic acids is 1. The second kappa shape index (κ2) is 5.36. The van der Waals surface area contributed by atoms with Crippen molar-refractivity contribution < 1.29 is 14.6 Å². The maximum absolute atomic E-state index is 11.1. The van der Waals surface area contributed by atoms with Gasteiger partial charge in [0.25, 0.3) is 0 Å². The molecule has 15 heavy (non-hydrogen) atoms. The number of nitrogen functional groups attached to an aromatic ring is 1. The monoisotopic (exact) mass is 209 g/mol. The van der Waals surface area contributed by atoms with E-state index in [4.69, 9.17) is 5.73 Å². The van der Waals surface area contributed by atoms with Gasteiger partial charge >= 0.3 is 5.97 Å². The van der Waals surface area contributed by atoms with Crippen molar-refractivity contribution in [1.82, 2.24) is 0 Å². The molecule has 0 radical (unpaired) electrons. The van der Waals surface area contributed by atoms with Crippen molar-refractivity contribution in [2.75, 3.05) is 12.3 Å². The molecule has 0 amide bonds. The van der Waals surface area contributed by atoms with Crippen LogP contribution in [-0.2, 0) is 16.0 Å². The fraction of sp³-hybridized carbons (Fsp3) is 0.364. The Balaban J connectivity index is 2.54. The predicted molar refractivity (Wildman–Crippen MR) is 57.2 cm³/mol. The molecule has 0 heterocycles. The molecule has 4 heteroatoms. The van der Waals surface area contributed by atoms with Crippen molar-refractivity contribution in [3.8, 4) is 0 Å². The molecule has 0 bridgehead atoms. The van der Waals surface area contributed by atoms with Gasteiger partial charge in [-0.05, 0) is 24.6 Å². The Morgan fingerprint density at radius 3 is 2.60 bits per heavy atom. The summed E-state index contributed by atoms with van der Waals surface area (Å²) >= 11 is 0. The minimum absolute atomic E-state index is 0.249. The smallest absolute Gasteiger partial charge is 0.335 e. The third-order valence-electron chi connectivity index (χ3n) is 1.97. The average Bonchev–Trinajstić information content (AvgIpc) is 2.22. The lowest BCUT2D eigenvalue weighted by atomic mass is 10.1. The van der Waals surface area contributed by atoms with Crippen LogP contribution in [0.3, 0.4) is 0 Å². The highest BCUT2D eigenvalue weighted by Crippen LogP contribution is 2.08.